The first kappa shape index (κ1) is 24.0. The van der Waals surface area contributed by atoms with Gasteiger partial charge in [-0.25, -0.2) is 4.79 Å². The van der Waals surface area contributed by atoms with Gasteiger partial charge in [-0.1, -0.05) is 24.6 Å². The second-order valence-corrected chi connectivity index (χ2v) is 7.59. The fourth-order valence-electron chi connectivity index (χ4n) is 3.04. The van der Waals surface area contributed by atoms with Gasteiger partial charge in [0, 0.05) is 22.8 Å². The number of benzene rings is 2. The number of amides is 1. The highest BCUT2D eigenvalue weighted by Crippen LogP contribution is 2.19. The van der Waals surface area contributed by atoms with Gasteiger partial charge in [0.25, 0.3) is 11.5 Å². The third kappa shape index (κ3) is 5.98. The van der Waals surface area contributed by atoms with Crippen molar-refractivity contribution in [3.05, 3.63) is 81.1 Å². The molecule has 0 fully saturated rings. The van der Waals surface area contributed by atoms with Crippen molar-refractivity contribution < 1.29 is 19.1 Å². The normalized spacial score (nSPS) is 11.5. The fraction of sp³-hybridized carbons (Fsp3) is 0.250. The molecule has 0 unspecified atom stereocenters. The Hall–Kier alpha value is -3.65. The van der Waals surface area contributed by atoms with Crippen molar-refractivity contribution in [3.8, 4) is 11.6 Å². The summed E-state index contributed by atoms with van der Waals surface area (Å²) in [6.45, 7) is 5.65. The molecule has 1 heterocycles. The van der Waals surface area contributed by atoms with Crippen LogP contribution in [0.15, 0.2) is 59.4 Å². The Labute approximate surface area is 196 Å². The number of halogens is 1. The Kier molecular flexibility index (Phi) is 7.84. The molecule has 9 heteroatoms. The maximum atomic E-state index is 12.7. The molecule has 2 aromatic carbocycles. The number of nitrogens with zero attached hydrogens (tertiary/aromatic N) is 2. The van der Waals surface area contributed by atoms with Crippen molar-refractivity contribution >= 4 is 29.2 Å². The van der Waals surface area contributed by atoms with Crippen LogP contribution >= 0.6 is 11.6 Å². The average Bonchev–Trinajstić information content (AvgIpc) is 2.80. The molecular weight excluding hydrogens is 446 g/mol. The van der Waals surface area contributed by atoms with Gasteiger partial charge in [0.15, 0.2) is 6.10 Å². The molecule has 172 valence electrons. The number of nitrogens with one attached hydrogen (secondary N) is 1. The molecule has 3 aromatic rings. The zero-order valence-electron chi connectivity index (χ0n) is 18.5. The van der Waals surface area contributed by atoms with Crippen LogP contribution in [0.2, 0.25) is 5.02 Å². The molecule has 0 aliphatic carbocycles. The number of carbonyl (C=O) groups excluding carboxylic acids is 2. The smallest absolute Gasteiger partial charge is 0.338 e. The number of ether oxygens (including phenoxy) is 2. The standard InChI is InChI=1S/C24H24ClN3O5/c1-4-20(23(30)26-18-10-7-16(8-11-18)24(31)32-5-2)33-21-12-13-22(29)28(27-21)19-14-17(25)9-6-15(19)3/h6-14,20H,4-5H2,1-3H3,(H,26,30)/t20-/m1/s1. The average molecular weight is 470 g/mol. The van der Waals surface area contributed by atoms with Crippen molar-refractivity contribution in [2.24, 2.45) is 0 Å². The van der Waals surface area contributed by atoms with E-state index in [4.69, 9.17) is 21.1 Å². The van der Waals surface area contributed by atoms with Crippen LogP contribution in [-0.4, -0.2) is 34.4 Å². The van der Waals surface area contributed by atoms with Crippen molar-refractivity contribution in [2.75, 3.05) is 11.9 Å². The zero-order valence-corrected chi connectivity index (χ0v) is 19.3. The van der Waals surface area contributed by atoms with Crippen molar-refractivity contribution in [1.82, 2.24) is 9.78 Å². The predicted octanol–water partition coefficient (Wildman–Crippen LogP) is 4.17. The summed E-state index contributed by atoms with van der Waals surface area (Å²) in [5.74, 6) is -0.699. The van der Waals surface area contributed by atoms with Gasteiger partial charge < -0.3 is 14.8 Å². The summed E-state index contributed by atoms with van der Waals surface area (Å²) in [7, 11) is 0. The van der Waals surface area contributed by atoms with Crippen molar-refractivity contribution in [1.29, 1.82) is 0 Å². The van der Waals surface area contributed by atoms with Gasteiger partial charge in [0.1, 0.15) is 0 Å². The molecule has 8 nitrogen and oxygen atoms in total. The number of esters is 1. The van der Waals surface area contributed by atoms with Gasteiger partial charge in [-0.2, -0.15) is 4.68 Å². The Morgan fingerprint density at radius 3 is 2.48 bits per heavy atom. The highest BCUT2D eigenvalue weighted by Gasteiger charge is 2.20. The third-order valence-electron chi connectivity index (χ3n) is 4.76. The number of hydrogen-bond donors (Lipinski definition) is 1. The quantitative estimate of drug-likeness (QED) is 0.497. The number of anilines is 1. The Bertz CT molecular complexity index is 1210. The molecule has 0 radical (unpaired) electrons. The summed E-state index contributed by atoms with van der Waals surface area (Å²) >= 11 is 6.07. The lowest BCUT2D eigenvalue weighted by Gasteiger charge is -2.17. The molecule has 0 aliphatic rings. The first-order valence-electron chi connectivity index (χ1n) is 10.4. The van der Waals surface area contributed by atoms with E-state index in [0.29, 0.717) is 28.4 Å². The molecule has 0 aliphatic heterocycles. The maximum absolute atomic E-state index is 12.7. The van der Waals surface area contributed by atoms with E-state index in [1.165, 1.54) is 16.8 Å². The molecule has 1 atom stereocenters. The van der Waals surface area contributed by atoms with Crippen LogP contribution in [0.3, 0.4) is 0 Å². The minimum atomic E-state index is -0.853. The molecule has 0 saturated heterocycles. The minimum Gasteiger partial charge on any atom is -0.463 e. The topological polar surface area (TPSA) is 99.5 Å². The summed E-state index contributed by atoms with van der Waals surface area (Å²) < 4.78 is 11.9. The van der Waals surface area contributed by atoms with Gasteiger partial charge >= 0.3 is 5.97 Å². The van der Waals surface area contributed by atoms with Crippen LogP contribution in [0.25, 0.3) is 5.69 Å². The summed E-state index contributed by atoms with van der Waals surface area (Å²) in [6.07, 6.45) is -0.488. The minimum absolute atomic E-state index is 0.119. The Balaban J connectivity index is 1.75. The molecule has 1 amide bonds. The highest BCUT2D eigenvalue weighted by atomic mass is 35.5. The van der Waals surface area contributed by atoms with Gasteiger partial charge in [0.05, 0.1) is 17.9 Å². The van der Waals surface area contributed by atoms with Crippen LogP contribution in [-0.2, 0) is 9.53 Å². The van der Waals surface area contributed by atoms with Crippen LogP contribution < -0.4 is 15.6 Å². The van der Waals surface area contributed by atoms with Crippen molar-refractivity contribution in [2.45, 2.75) is 33.3 Å². The van der Waals surface area contributed by atoms with E-state index in [-0.39, 0.29) is 24.0 Å². The molecule has 0 spiro atoms. The molecule has 3 rings (SSSR count). The van der Waals surface area contributed by atoms with Crippen LogP contribution in [0, 0.1) is 6.92 Å². The van der Waals surface area contributed by atoms with E-state index in [2.05, 4.69) is 10.4 Å². The third-order valence-corrected chi connectivity index (χ3v) is 5.00. The number of aryl methyl sites for hydroxylation is 1. The van der Waals surface area contributed by atoms with E-state index in [1.54, 1.807) is 56.3 Å². The lowest BCUT2D eigenvalue weighted by Crippen LogP contribution is -2.33. The van der Waals surface area contributed by atoms with E-state index < -0.39 is 12.1 Å². The second-order valence-electron chi connectivity index (χ2n) is 7.15. The van der Waals surface area contributed by atoms with Gasteiger partial charge in [-0.05, 0) is 62.2 Å². The monoisotopic (exact) mass is 469 g/mol. The number of aromatic nitrogens is 2. The first-order chi connectivity index (χ1) is 15.8. The molecule has 0 bridgehead atoms. The zero-order chi connectivity index (χ0) is 24.0. The second kappa shape index (κ2) is 10.8. The molecule has 1 aromatic heterocycles. The fourth-order valence-corrected chi connectivity index (χ4v) is 3.20. The Morgan fingerprint density at radius 2 is 1.82 bits per heavy atom. The van der Waals surface area contributed by atoms with Crippen molar-refractivity contribution in [3.63, 3.8) is 0 Å². The largest absolute Gasteiger partial charge is 0.463 e. The summed E-state index contributed by atoms with van der Waals surface area (Å²) in [4.78, 5) is 36.9. The summed E-state index contributed by atoms with van der Waals surface area (Å²) in [5.41, 5.74) is 1.87. The molecule has 0 saturated carbocycles. The van der Waals surface area contributed by atoms with Crippen LogP contribution in [0.4, 0.5) is 5.69 Å². The summed E-state index contributed by atoms with van der Waals surface area (Å²) in [5, 5.41) is 7.49. The van der Waals surface area contributed by atoms with Crippen LogP contribution in [0.5, 0.6) is 5.88 Å². The number of carbonyl (C=O) groups is 2. The number of hydrogen-bond acceptors (Lipinski definition) is 6. The Morgan fingerprint density at radius 1 is 1.09 bits per heavy atom. The lowest BCUT2D eigenvalue weighted by molar-refractivity contribution is -0.123. The van der Waals surface area contributed by atoms with Gasteiger partial charge in [-0.3, -0.25) is 9.59 Å². The molecule has 33 heavy (non-hydrogen) atoms. The van der Waals surface area contributed by atoms with Gasteiger partial charge in [0.2, 0.25) is 5.88 Å². The maximum Gasteiger partial charge on any atom is 0.338 e. The van der Waals surface area contributed by atoms with E-state index in [0.717, 1.165) is 5.56 Å². The van der Waals surface area contributed by atoms with E-state index in [9.17, 15) is 14.4 Å². The van der Waals surface area contributed by atoms with E-state index >= 15 is 0 Å². The SMILES string of the molecule is CCOC(=O)c1ccc(NC(=O)[C@@H](CC)Oc2ccc(=O)n(-c3cc(Cl)ccc3C)n2)cc1. The molecule has 1 N–H and O–H groups in total. The lowest BCUT2D eigenvalue weighted by atomic mass is 10.2. The van der Waals surface area contributed by atoms with E-state index in [1.807, 2.05) is 6.92 Å². The highest BCUT2D eigenvalue weighted by molar-refractivity contribution is 6.30. The van der Waals surface area contributed by atoms with Gasteiger partial charge in [-0.15, -0.1) is 5.10 Å². The predicted molar refractivity (Wildman–Crippen MR) is 125 cm³/mol. The van der Waals surface area contributed by atoms with Crippen LogP contribution in [0.1, 0.15) is 36.2 Å². The first-order valence-corrected chi connectivity index (χ1v) is 10.8. The molecular formula is C24H24ClN3O5. The summed E-state index contributed by atoms with van der Waals surface area (Å²) in [6, 6.07) is 14.2. The number of rotatable bonds is 8.